The first kappa shape index (κ1) is 17.2. The molecule has 1 aromatic heterocycles. The van der Waals surface area contributed by atoms with Gasteiger partial charge in [0.25, 0.3) is 5.91 Å². The van der Waals surface area contributed by atoms with Crippen LogP contribution in [0, 0.1) is 0 Å². The maximum Gasteiger partial charge on any atom is 0.254 e. The van der Waals surface area contributed by atoms with Crippen LogP contribution >= 0.6 is 0 Å². The maximum atomic E-state index is 13.2. The summed E-state index contributed by atoms with van der Waals surface area (Å²) in [5, 5.41) is 0. The third kappa shape index (κ3) is 2.83. The van der Waals surface area contributed by atoms with Gasteiger partial charge in [-0.2, -0.15) is 0 Å². The molecule has 0 radical (unpaired) electrons. The molecule has 1 amide bonds. The molecule has 1 aliphatic heterocycles. The molecule has 3 atom stereocenters. The van der Waals surface area contributed by atoms with Crippen molar-refractivity contribution in [1.82, 2.24) is 14.5 Å². The fourth-order valence-corrected chi connectivity index (χ4v) is 4.47. The number of aromatic nitrogens is 2. The van der Waals surface area contributed by atoms with E-state index < -0.39 is 0 Å². The Hall–Kier alpha value is -2.18. The quantitative estimate of drug-likeness (QED) is 0.846. The van der Waals surface area contributed by atoms with E-state index in [0.29, 0.717) is 5.56 Å². The van der Waals surface area contributed by atoms with Gasteiger partial charge in [-0.05, 0) is 49.9 Å². The van der Waals surface area contributed by atoms with Gasteiger partial charge in [-0.25, -0.2) is 4.98 Å². The highest BCUT2D eigenvalue weighted by molar-refractivity contribution is 5.95. The molecule has 1 aromatic carbocycles. The van der Waals surface area contributed by atoms with Crippen LogP contribution in [0.5, 0.6) is 0 Å². The topological polar surface area (TPSA) is 56.6 Å². The zero-order valence-corrected chi connectivity index (χ0v) is 15.3. The smallest absolute Gasteiger partial charge is 0.254 e. The summed E-state index contributed by atoms with van der Waals surface area (Å²) in [4.78, 5) is 19.2. The van der Waals surface area contributed by atoms with Gasteiger partial charge in [0.15, 0.2) is 0 Å². The standard InChI is InChI=1S/C20H25N3O3/c1-25-17-7-8-20(26-2)9-11-23(18(20)13-17)19(24)15-3-5-16(6-4-15)22-12-10-21-14-22/h3-6,10,12,14,17-18H,7-9,11,13H2,1-2H3/t17-,18-,20+/m1/s1. The first-order valence-corrected chi connectivity index (χ1v) is 9.14. The van der Waals surface area contributed by atoms with Crippen molar-refractivity contribution in [1.29, 1.82) is 0 Å². The first-order valence-electron chi connectivity index (χ1n) is 9.14. The minimum Gasteiger partial charge on any atom is -0.381 e. The molecule has 1 saturated carbocycles. The molecule has 2 aliphatic rings. The minimum atomic E-state index is -0.221. The maximum absolute atomic E-state index is 13.2. The molecule has 0 bridgehead atoms. The van der Waals surface area contributed by atoms with Crippen molar-refractivity contribution in [2.24, 2.45) is 0 Å². The summed E-state index contributed by atoms with van der Waals surface area (Å²) in [6.45, 7) is 0.733. The lowest BCUT2D eigenvalue weighted by Gasteiger charge is -2.43. The fourth-order valence-electron chi connectivity index (χ4n) is 4.47. The second-order valence-corrected chi connectivity index (χ2v) is 7.18. The lowest BCUT2D eigenvalue weighted by Crippen LogP contribution is -2.53. The van der Waals surface area contributed by atoms with Crippen molar-refractivity contribution in [3.8, 4) is 5.69 Å². The average Bonchev–Trinajstić information content (AvgIpc) is 3.35. The second-order valence-electron chi connectivity index (χ2n) is 7.18. The molecule has 6 heteroatoms. The molecule has 0 N–H and O–H groups in total. The van der Waals surface area contributed by atoms with E-state index in [1.807, 2.05) is 39.9 Å². The molecule has 138 valence electrons. The molecule has 0 unspecified atom stereocenters. The summed E-state index contributed by atoms with van der Waals surface area (Å²) >= 11 is 0. The monoisotopic (exact) mass is 355 g/mol. The van der Waals surface area contributed by atoms with E-state index in [2.05, 4.69) is 4.98 Å². The molecule has 2 aromatic rings. The van der Waals surface area contributed by atoms with Crippen LogP contribution in [0.1, 0.15) is 36.0 Å². The SMILES string of the molecule is CO[C@@H]1CC[C@]2(OC)CCN(C(=O)c3ccc(-n4ccnc4)cc3)[C@@H]2C1. The van der Waals surface area contributed by atoms with E-state index in [9.17, 15) is 4.79 Å². The summed E-state index contributed by atoms with van der Waals surface area (Å²) in [5.41, 5.74) is 1.48. The van der Waals surface area contributed by atoms with E-state index in [4.69, 9.17) is 9.47 Å². The van der Waals surface area contributed by atoms with Gasteiger partial charge in [-0.15, -0.1) is 0 Å². The third-order valence-electron chi connectivity index (χ3n) is 6.05. The van der Waals surface area contributed by atoms with Crippen LogP contribution < -0.4 is 0 Å². The number of fused-ring (bicyclic) bond motifs is 1. The molecule has 2 fully saturated rings. The van der Waals surface area contributed by atoms with E-state index in [1.54, 1.807) is 26.7 Å². The molecule has 6 nitrogen and oxygen atoms in total. The van der Waals surface area contributed by atoms with Crippen LogP contribution in [0.15, 0.2) is 43.0 Å². The van der Waals surface area contributed by atoms with Crippen molar-refractivity contribution in [2.75, 3.05) is 20.8 Å². The van der Waals surface area contributed by atoms with Crippen LogP contribution in [-0.4, -0.2) is 58.9 Å². The predicted octanol–water partition coefficient (Wildman–Crippen LogP) is 2.67. The highest BCUT2D eigenvalue weighted by atomic mass is 16.5. The number of ether oxygens (including phenoxy) is 2. The van der Waals surface area contributed by atoms with Gasteiger partial charge in [-0.1, -0.05) is 0 Å². The molecule has 1 saturated heterocycles. The number of hydrogen-bond acceptors (Lipinski definition) is 4. The molecule has 2 heterocycles. The summed E-state index contributed by atoms with van der Waals surface area (Å²) in [7, 11) is 3.52. The molecule has 1 aliphatic carbocycles. The molecule has 26 heavy (non-hydrogen) atoms. The number of likely N-dealkylation sites (tertiary alicyclic amines) is 1. The number of benzene rings is 1. The van der Waals surface area contributed by atoms with Gasteiger partial charge in [0.05, 0.1) is 24.1 Å². The Labute approximate surface area is 153 Å². The summed E-state index contributed by atoms with van der Waals surface area (Å²) < 4.78 is 13.4. The van der Waals surface area contributed by atoms with Gasteiger partial charge in [-0.3, -0.25) is 4.79 Å². The normalized spacial score (nSPS) is 28.2. The molecular weight excluding hydrogens is 330 g/mol. The van der Waals surface area contributed by atoms with Crippen molar-refractivity contribution in [2.45, 2.75) is 43.4 Å². The minimum absolute atomic E-state index is 0.0721. The Morgan fingerprint density at radius 3 is 2.69 bits per heavy atom. The lowest BCUT2D eigenvalue weighted by atomic mass is 9.79. The summed E-state index contributed by atoms with van der Waals surface area (Å²) in [5.74, 6) is 0.0721. The van der Waals surface area contributed by atoms with Crippen LogP contribution in [0.3, 0.4) is 0 Å². The average molecular weight is 355 g/mol. The first-order chi connectivity index (χ1) is 12.7. The molecule has 0 spiro atoms. The number of carbonyl (C=O) groups is 1. The zero-order chi connectivity index (χ0) is 18.1. The number of nitrogens with zero attached hydrogens (tertiary/aromatic N) is 3. The Bertz CT molecular complexity index is 759. The number of methoxy groups -OCH3 is 2. The molecular formula is C20H25N3O3. The van der Waals surface area contributed by atoms with Crippen molar-refractivity contribution < 1.29 is 14.3 Å². The molecule has 4 rings (SSSR count). The van der Waals surface area contributed by atoms with Gasteiger partial charge in [0.1, 0.15) is 0 Å². The largest absolute Gasteiger partial charge is 0.381 e. The second kappa shape index (κ2) is 6.85. The van der Waals surface area contributed by atoms with E-state index in [-0.39, 0.29) is 23.7 Å². The zero-order valence-electron chi connectivity index (χ0n) is 15.3. The van der Waals surface area contributed by atoms with Crippen molar-refractivity contribution in [3.63, 3.8) is 0 Å². The number of amides is 1. The lowest BCUT2D eigenvalue weighted by molar-refractivity contribution is -0.0893. The van der Waals surface area contributed by atoms with Gasteiger partial charge < -0.3 is 18.9 Å². The summed E-state index contributed by atoms with van der Waals surface area (Å²) in [6.07, 6.45) is 9.22. The third-order valence-corrected chi connectivity index (χ3v) is 6.05. The number of imidazole rings is 1. The van der Waals surface area contributed by atoms with Gasteiger partial charge >= 0.3 is 0 Å². The van der Waals surface area contributed by atoms with Gasteiger partial charge in [0, 0.05) is 44.4 Å². The van der Waals surface area contributed by atoms with Crippen molar-refractivity contribution >= 4 is 5.91 Å². The fraction of sp³-hybridized carbons (Fsp3) is 0.500. The van der Waals surface area contributed by atoms with Crippen LogP contribution in [0.25, 0.3) is 5.69 Å². The van der Waals surface area contributed by atoms with E-state index in [1.165, 1.54) is 0 Å². The number of carbonyl (C=O) groups excluding carboxylic acids is 1. The van der Waals surface area contributed by atoms with Crippen LogP contribution in [0.4, 0.5) is 0 Å². The number of rotatable bonds is 4. The van der Waals surface area contributed by atoms with Gasteiger partial charge in [0.2, 0.25) is 0 Å². The predicted molar refractivity (Wildman–Crippen MR) is 97.4 cm³/mol. The summed E-state index contributed by atoms with van der Waals surface area (Å²) in [6, 6.07) is 7.76. The van der Waals surface area contributed by atoms with E-state index >= 15 is 0 Å². The Morgan fingerprint density at radius 1 is 1.23 bits per heavy atom. The van der Waals surface area contributed by atoms with Crippen LogP contribution in [-0.2, 0) is 9.47 Å². The number of hydrogen-bond donors (Lipinski definition) is 0. The highest BCUT2D eigenvalue weighted by Gasteiger charge is 2.52. The van der Waals surface area contributed by atoms with E-state index in [0.717, 1.165) is 37.9 Å². The van der Waals surface area contributed by atoms with Crippen molar-refractivity contribution in [3.05, 3.63) is 48.5 Å². The van der Waals surface area contributed by atoms with Crippen LogP contribution in [0.2, 0.25) is 0 Å². The Morgan fingerprint density at radius 2 is 2.04 bits per heavy atom. The highest BCUT2D eigenvalue weighted by Crippen LogP contribution is 2.43. The Balaban J connectivity index is 1.55. The Kier molecular flexibility index (Phi) is 4.54.